The highest BCUT2D eigenvalue weighted by molar-refractivity contribution is 5.74. The van der Waals surface area contributed by atoms with E-state index in [9.17, 15) is 4.79 Å². The molecular formula is C17H14N2O4. The molecule has 0 aliphatic rings. The van der Waals surface area contributed by atoms with Crippen LogP contribution in [0.3, 0.4) is 0 Å². The van der Waals surface area contributed by atoms with Gasteiger partial charge in [0.05, 0.1) is 17.2 Å². The van der Waals surface area contributed by atoms with Crippen molar-refractivity contribution in [2.75, 3.05) is 0 Å². The number of carbonyl (C=O) groups excluding carboxylic acids is 1. The van der Waals surface area contributed by atoms with Crippen molar-refractivity contribution >= 4 is 17.0 Å². The van der Waals surface area contributed by atoms with Crippen LogP contribution in [-0.4, -0.2) is 15.9 Å². The lowest BCUT2D eigenvalue weighted by molar-refractivity contribution is -0.213. The standard InChI is InChI=1S/C17H14N2O4/c1-2-17(20)23-22-15-10-6-5-9-14(15)21-16-11-18-12-7-3-4-8-13(12)19-16/h3-11H,2H2,1H3. The minimum absolute atomic E-state index is 0.221. The van der Waals surface area contributed by atoms with Crippen molar-refractivity contribution in [1.29, 1.82) is 0 Å². The van der Waals surface area contributed by atoms with Crippen molar-refractivity contribution in [3.05, 3.63) is 54.7 Å². The molecule has 0 N–H and O–H groups in total. The number of para-hydroxylation sites is 4. The number of nitrogens with zero attached hydrogens (tertiary/aromatic N) is 2. The van der Waals surface area contributed by atoms with E-state index in [0.717, 1.165) is 11.0 Å². The lowest BCUT2D eigenvalue weighted by Crippen LogP contribution is -2.06. The van der Waals surface area contributed by atoms with Crippen LogP contribution >= 0.6 is 0 Å². The second kappa shape index (κ2) is 6.74. The van der Waals surface area contributed by atoms with E-state index in [2.05, 4.69) is 14.9 Å². The number of carbonyl (C=O) groups is 1. The molecule has 0 atom stereocenters. The van der Waals surface area contributed by atoms with Crippen molar-refractivity contribution in [2.24, 2.45) is 0 Å². The van der Waals surface area contributed by atoms with E-state index >= 15 is 0 Å². The monoisotopic (exact) mass is 310 g/mol. The van der Waals surface area contributed by atoms with E-state index in [1.807, 2.05) is 24.3 Å². The largest absolute Gasteiger partial charge is 0.433 e. The number of fused-ring (bicyclic) bond motifs is 1. The summed E-state index contributed by atoms with van der Waals surface area (Å²) in [6.45, 7) is 1.68. The zero-order valence-electron chi connectivity index (χ0n) is 12.4. The summed E-state index contributed by atoms with van der Waals surface area (Å²) in [5.41, 5.74) is 1.50. The highest BCUT2D eigenvalue weighted by Crippen LogP contribution is 2.30. The van der Waals surface area contributed by atoms with Crippen molar-refractivity contribution in [1.82, 2.24) is 9.97 Å². The van der Waals surface area contributed by atoms with Crippen LogP contribution in [0.2, 0.25) is 0 Å². The predicted molar refractivity (Wildman–Crippen MR) is 83.1 cm³/mol. The van der Waals surface area contributed by atoms with Crippen molar-refractivity contribution in [3.63, 3.8) is 0 Å². The van der Waals surface area contributed by atoms with Crippen LogP contribution in [-0.2, 0) is 9.68 Å². The fraction of sp³-hybridized carbons (Fsp3) is 0.118. The SMILES string of the molecule is CCC(=O)OOc1ccccc1Oc1cnc2ccccc2n1. The molecule has 0 fully saturated rings. The van der Waals surface area contributed by atoms with Gasteiger partial charge in [-0.3, -0.25) is 9.78 Å². The van der Waals surface area contributed by atoms with E-state index < -0.39 is 5.97 Å². The molecule has 0 unspecified atom stereocenters. The van der Waals surface area contributed by atoms with Gasteiger partial charge in [0.1, 0.15) is 0 Å². The molecule has 116 valence electrons. The average Bonchev–Trinajstić information content (AvgIpc) is 2.60. The topological polar surface area (TPSA) is 70.5 Å². The van der Waals surface area contributed by atoms with Crippen LogP contribution in [0, 0.1) is 0 Å². The third kappa shape index (κ3) is 3.55. The molecule has 1 heterocycles. The Bertz CT molecular complexity index is 835. The van der Waals surface area contributed by atoms with Crippen LogP contribution in [0.25, 0.3) is 11.0 Å². The molecule has 1 aromatic heterocycles. The first-order chi connectivity index (χ1) is 11.3. The third-order valence-corrected chi connectivity index (χ3v) is 3.00. The van der Waals surface area contributed by atoms with Gasteiger partial charge in [-0.1, -0.05) is 31.2 Å². The van der Waals surface area contributed by atoms with Crippen LogP contribution in [0.5, 0.6) is 17.4 Å². The van der Waals surface area contributed by atoms with Crippen LogP contribution in [0.15, 0.2) is 54.7 Å². The number of hydrogen-bond donors (Lipinski definition) is 0. The van der Waals surface area contributed by atoms with Crippen LogP contribution in [0.1, 0.15) is 13.3 Å². The summed E-state index contributed by atoms with van der Waals surface area (Å²) in [5, 5.41) is 0. The Balaban J connectivity index is 1.82. The van der Waals surface area contributed by atoms with Gasteiger partial charge >= 0.3 is 5.97 Å². The lowest BCUT2D eigenvalue weighted by atomic mass is 10.3. The molecule has 0 amide bonds. The summed E-state index contributed by atoms with van der Waals surface area (Å²) < 4.78 is 5.69. The lowest BCUT2D eigenvalue weighted by Gasteiger charge is -2.10. The minimum Gasteiger partial charge on any atom is -0.433 e. The number of rotatable bonds is 5. The van der Waals surface area contributed by atoms with Gasteiger partial charge in [0.2, 0.25) is 11.6 Å². The number of hydrogen-bond acceptors (Lipinski definition) is 6. The van der Waals surface area contributed by atoms with Gasteiger partial charge in [0.15, 0.2) is 5.75 Å². The third-order valence-electron chi connectivity index (χ3n) is 3.00. The molecule has 3 aromatic rings. The van der Waals surface area contributed by atoms with Gasteiger partial charge < -0.3 is 4.74 Å². The van der Waals surface area contributed by atoms with Crippen molar-refractivity contribution in [3.8, 4) is 17.4 Å². The Morgan fingerprint density at radius 1 is 1.00 bits per heavy atom. The fourth-order valence-electron chi connectivity index (χ4n) is 1.86. The maximum Gasteiger partial charge on any atom is 0.355 e. The Hall–Kier alpha value is -3.15. The van der Waals surface area contributed by atoms with E-state index in [1.54, 1.807) is 31.2 Å². The molecule has 0 spiro atoms. The van der Waals surface area contributed by atoms with E-state index in [0.29, 0.717) is 11.6 Å². The Morgan fingerprint density at radius 2 is 1.70 bits per heavy atom. The Kier molecular flexibility index (Phi) is 4.33. The first-order valence-electron chi connectivity index (χ1n) is 7.12. The summed E-state index contributed by atoms with van der Waals surface area (Å²) in [7, 11) is 0. The first-order valence-corrected chi connectivity index (χ1v) is 7.12. The number of aromatic nitrogens is 2. The van der Waals surface area contributed by atoms with Crippen molar-refractivity contribution in [2.45, 2.75) is 13.3 Å². The maximum absolute atomic E-state index is 11.2. The van der Waals surface area contributed by atoms with Gasteiger partial charge in [-0.15, -0.1) is 0 Å². The number of benzene rings is 2. The molecule has 6 nitrogen and oxygen atoms in total. The van der Waals surface area contributed by atoms with Crippen LogP contribution < -0.4 is 9.62 Å². The minimum atomic E-state index is -0.467. The summed E-state index contributed by atoms with van der Waals surface area (Å²) in [4.78, 5) is 29.5. The van der Waals surface area contributed by atoms with Gasteiger partial charge in [-0.25, -0.2) is 14.8 Å². The van der Waals surface area contributed by atoms with Gasteiger partial charge in [0.25, 0.3) is 0 Å². The second-order valence-corrected chi connectivity index (χ2v) is 4.64. The molecule has 0 saturated heterocycles. The Labute approximate surface area is 132 Å². The van der Waals surface area contributed by atoms with E-state index in [-0.39, 0.29) is 12.2 Å². The van der Waals surface area contributed by atoms with E-state index in [4.69, 9.17) is 9.62 Å². The molecule has 0 saturated carbocycles. The molecule has 0 bridgehead atoms. The molecule has 0 aliphatic carbocycles. The molecule has 3 rings (SSSR count). The maximum atomic E-state index is 11.2. The number of ether oxygens (including phenoxy) is 1. The quantitative estimate of drug-likeness (QED) is 0.529. The van der Waals surface area contributed by atoms with Crippen molar-refractivity contribution < 1.29 is 19.3 Å². The summed E-state index contributed by atoms with van der Waals surface area (Å²) in [6.07, 6.45) is 1.75. The van der Waals surface area contributed by atoms with Gasteiger partial charge in [-0.2, -0.15) is 0 Å². The molecule has 2 aromatic carbocycles. The summed E-state index contributed by atoms with van der Waals surface area (Å²) in [5.74, 6) is 0.511. The zero-order chi connectivity index (χ0) is 16.1. The molecule has 0 radical (unpaired) electrons. The summed E-state index contributed by atoms with van der Waals surface area (Å²) >= 11 is 0. The smallest absolute Gasteiger partial charge is 0.355 e. The second-order valence-electron chi connectivity index (χ2n) is 4.64. The van der Waals surface area contributed by atoms with Gasteiger partial charge in [0, 0.05) is 6.42 Å². The fourth-order valence-corrected chi connectivity index (χ4v) is 1.86. The van der Waals surface area contributed by atoms with Gasteiger partial charge in [-0.05, 0) is 24.3 Å². The molecule has 6 heteroatoms. The molecule has 0 aliphatic heterocycles. The highest BCUT2D eigenvalue weighted by Gasteiger charge is 2.10. The normalized spacial score (nSPS) is 10.3. The molecular weight excluding hydrogens is 296 g/mol. The average molecular weight is 310 g/mol. The first kappa shape index (κ1) is 14.8. The Morgan fingerprint density at radius 3 is 2.48 bits per heavy atom. The predicted octanol–water partition coefficient (Wildman–Crippen LogP) is 3.67. The summed E-state index contributed by atoms with van der Waals surface area (Å²) in [6, 6.07) is 14.3. The van der Waals surface area contributed by atoms with E-state index in [1.165, 1.54) is 6.20 Å². The highest BCUT2D eigenvalue weighted by atomic mass is 17.2. The molecule has 23 heavy (non-hydrogen) atoms. The zero-order valence-corrected chi connectivity index (χ0v) is 12.4. The van der Waals surface area contributed by atoms with Crippen LogP contribution in [0.4, 0.5) is 0 Å².